The van der Waals surface area contributed by atoms with Crippen molar-refractivity contribution in [3.63, 3.8) is 0 Å². The molecule has 0 saturated heterocycles. The highest BCUT2D eigenvalue weighted by Crippen LogP contribution is 1.91. The molecule has 2 aromatic rings. The smallest absolute Gasteiger partial charge is 0.314 e. The lowest BCUT2D eigenvalue weighted by Gasteiger charge is -2.17. The molecule has 7 heteroatoms. The Bertz CT molecular complexity index is 586. The molecule has 2 heterocycles. The third kappa shape index (κ3) is 3.43. The van der Waals surface area contributed by atoms with E-state index >= 15 is 0 Å². The topological polar surface area (TPSA) is 67.5 Å². The zero-order chi connectivity index (χ0) is 14.4. The summed E-state index contributed by atoms with van der Waals surface area (Å²) in [7, 11) is 0. The van der Waals surface area contributed by atoms with Crippen LogP contribution in [0.2, 0.25) is 0 Å². The van der Waals surface area contributed by atoms with Crippen molar-refractivity contribution in [3.05, 3.63) is 29.1 Å². The molecule has 0 fully saturated rings. The Morgan fingerprint density at radius 3 is 2.80 bits per heavy atom. The first-order valence-corrected chi connectivity index (χ1v) is 7.08. The van der Waals surface area contributed by atoms with Crippen molar-refractivity contribution in [2.24, 2.45) is 0 Å². The summed E-state index contributed by atoms with van der Waals surface area (Å²) in [6, 6.07) is 0. The second-order valence-electron chi connectivity index (χ2n) is 4.59. The highest BCUT2D eigenvalue weighted by atomic mass is 16.2. The molecule has 0 atom stereocenters. The summed E-state index contributed by atoms with van der Waals surface area (Å²) >= 11 is 0. The highest BCUT2D eigenvalue weighted by Gasteiger charge is 2.05. The predicted octanol–water partition coefficient (Wildman–Crippen LogP) is -0.178. The standard InChI is InChI=1S/C13H22N6O/c1-3-17(4-2)8-5-14-7-10-19-13(20)18-9-6-15-11-12(18)16-19/h6,9,11,14H,3-5,7-8,10H2,1-2H3. The van der Waals surface area contributed by atoms with Crippen molar-refractivity contribution in [3.8, 4) is 0 Å². The minimum Gasteiger partial charge on any atom is -0.314 e. The van der Waals surface area contributed by atoms with Crippen molar-refractivity contribution in [1.29, 1.82) is 0 Å². The quantitative estimate of drug-likeness (QED) is 0.679. The lowest BCUT2D eigenvalue weighted by atomic mass is 10.4. The van der Waals surface area contributed by atoms with Crippen LogP contribution < -0.4 is 11.0 Å². The van der Waals surface area contributed by atoms with Gasteiger partial charge in [0.1, 0.15) is 0 Å². The van der Waals surface area contributed by atoms with Gasteiger partial charge in [0.2, 0.25) is 0 Å². The number of nitrogens with zero attached hydrogens (tertiary/aromatic N) is 5. The number of rotatable bonds is 8. The fourth-order valence-electron chi connectivity index (χ4n) is 2.11. The monoisotopic (exact) mass is 278 g/mol. The Morgan fingerprint density at radius 1 is 1.30 bits per heavy atom. The molecule has 0 bridgehead atoms. The molecule has 110 valence electrons. The summed E-state index contributed by atoms with van der Waals surface area (Å²) in [4.78, 5) is 18.3. The number of fused-ring (bicyclic) bond motifs is 1. The summed E-state index contributed by atoms with van der Waals surface area (Å²) in [6.07, 6.45) is 4.81. The molecule has 7 nitrogen and oxygen atoms in total. The third-order valence-corrected chi connectivity index (χ3v) is 3.39. The minimum absolute atomic E-state index is 0.118. The molecule has 0 spiro atoms. The van der Waals surface area contributed by atoms with Crippen LogP contribution in [0.4, 0.5) is 0 Å². The van der Waals surface area contributed by atoms with Gasteiger partial charge in [-0.05, 0) is 13.1 Å². The fourth-order valence-corrected chi connectivity index (χ4v) is 2.11. The van der Waals surface area contributed by atoms with E-state index in [4.69, 9.17) is 0 Å². The van der Waals surface area contributed by atoms with Gasteiger partial charge in [0, 0.05) is 32.0 Å². The first-order chi connectivity index (χ1) is 9.76. The molecular weight excluding hydrogens is 256 g/mol. The van der Waals surface area contributed by atoms with Crippen molar-refractivity contribution in [2.75, 3.05) is 32.7 Å². The number of hydrogen-bond acceptors (Lipinski definition) is 5. The summed E-state index contributed by atoms with van der Waals surface area (Å²) in [5.41, 5.74) is 0.466. The molecule has 0 aliphatic heterocycles. The van der Waals surface area contributed by atoms with Gasteiger partial charge in [-0.25, -0.2) is 13.9 Å². The van der Waals surface area contributed by atoms with Gasteiger partial charge in [-0.1, -0.05) is 13.8 Å². The summed E-state index contributed by atoms with van der Waals surface area (Å²) in [5.74, 6) is 0. The van der Waals surface area contributed by atoms with Gasteiger partial charge in [0.15, 0.2) is 5.65 Å². The van der Waals surface area contributed by atoms with Gasteiger partial charge >= 0.3 is 5.69 Å². The number of likely N-dealkylation sites (N-methyl/N-ethyl adjacent to an activating group) is 1. The van der Waals surface area contributed by atoms with E-state index in [2.05, 4.69) is 34.1 Å². The highest BCUT2D eigenvalue weighted by molar-refractivity contribution is 5.31. The van der Waals surface area contributed by atoms with E-state index in [1.807, 2.05) is 0 Å². The van der Waals surface area contributed by atoms with E-state index in [1.54, 1.807) is 18.6 Å². The van der Waals surface area contributed by atoms with Gasteiger partial charge in [-0.2, -0.15) is 0 Å². The first-order valence-electron chi connectivity index (χ1n) is 7.08. The fraction of sp³-hybridized carbons (Fsp3) is 0.615. The van der Waals surface area contributed by atoms with Crippen LogP contribution in [0.25, 0.3) is 5.65 Å². The zero-order valence-corrected chi connectivity index (χ0v) is 12.1. The average Bonchev–Trinajstić information content (AvgIpc) is 2.80. The second kappa shape index (κ2) is 7.16. The van der Waals surface area contributed by atoms with E-state index in [0.717, 1.165) is 32.7 Å². The third-order valence-electron chi connectivity index (χ3n) is 3.39. The van der Waals surface area contributed by atoms with E-state index in [9.17, 15) is 4.79 Å². The van der Waals surface area contributed by atoms with Crippen LogP contribution in [0, 0.1) is 0 Å². The lowest BCUT2D eigenvalue weighted by Crippen LogP contribution is -2.34. The van der Waals surface area contributed by atoms with E-state index < -0.39 is 0 Å². The minimum atomic E-state index is -0.118. The molecular formula is C13H22N6O. The number of hydrogen-bond donors (Lipinski definition) is 1. The molecule has 0 unspecified atom stereocenters. The predicted molar refractivity (Wildman–Crippen MR) is 77.9 cm³/mol. The molecule has 0 aliphatic carbocycles. The van der Waals surface area contributed by atoms with Crippen LogP contribution in [0.5, 0.6) is 0 Å². The van der Waals surface area contributed by atoms with Crippen LogP contribution in [-0.2, 0) is 6.54 Å². The van der Waals surface area contributed by atoms with E-state index in [1.165, 1.54) is 9.08 Å². The normalized spacial score (nSPS) is 11.6. The van der Waals surface area contributed by atoms with Gasteiger partial charge in [0.05, 0.1) is 12.7 Å². The Morgan fingerprint density at radius 2 is 2.10 bits per heavy atom. The Hall–Kier alpha value is -1.73. The van der Waals surface area contributed by atoms with Crippen LogP contribution in [0.3, 0.4) is 0 Å². The van der Waals surface area contributed by atoms with E-state index in [-0.39, 0.29) is 5.69 Å². The molecule has 0 aromatic carbocycles. The van der Waals surface area contributed by atoms with Crippen LogP contribution in [0.15, 0.2) is 23.4 Å². The maximum Gasteiger partial charge on any atom is 0.350 e. The number of aromatic nitrogens is 4. The maximum atomic E-state index is 12.0. The first kappa shape index (κ1) is 14.7. The van der Waals surface area contributed by atoms with Crippen molar-refractivity contribution in [1.82, 2.24) is 29.4 Å². The summed E-state index contributed by atoms with van der Waals surface area (Å²) < 4.78 is 2.98. The lowest BCUT2D eigenvalue weighted by molar-refractivity contribution is 0.301. The molecule has 0 radical (unpaired) electrons. The molecule has 2 aromatic heterocycles. The van der Waals surface area contributed by atoms with Gasteiger partial charge in [-0.3, -0.25) is 4.98 Å². The van der Waals surface area contributed by atoms with Crippen molar-refractivity contribution < 1.29 is 0 Å². The van der Waals surface area contributed by atoms with Gasteiger partial charge in [0.25, 0.3) is 0 Å². The molecule has 0 amide bonds. The molecule has 0 aliphatic rings. The molecule has 2 rings (SSSR count). The SMILES string of the molecule is CCN(CC)CCNCCn1nc2cnccn2c1=O. The molecule has 20 heavy (non-hydrogen) atoms. The molecule has 1 N–H and O–H groups in total. The number of nitrogens with one attached hydrogen (secondary N) is 1. The van der Waals surface area contributed by atoms with Gasteiger partial charge < -0.3 is 10.2 Å². The summed E-state index contributed by atoms with van der Waals surface area (Å²) in [5, 5.41) is 7.57. The van der Waals surface area contributed by atoms with E-state index in [0.29, 0.717) is 12.2 Å². The van der Waals surface area contributed by atoms with Crippen molar-refractivity contribution >= 4 is 5.65 Å². The Kier molecular flexibility index (Phi) is 5.25. The van der Waals surface area contributed by atoms with Crippen LogP contribution in [-0.4, -0.2) is 56.8 Å². The Balaban J connectivity index is 1.81. The average molecular weight is 278 g/mol. The zero-order valence-electron chi connectivity index (χ0n) is 12.1. The largest absolute Gasteiger partial charge is 0.350 e. The van der Waals surface area contributed by atoms with Crippen LogP contribution in [0.1, 0.15) is 13.8 Å². The molecule has 0 saturated carbocycles. The second-order valence-corrected chi connectivity index (χ2v) is 4.59. The maximum absolute atomic E-state index is 12.0. The van der Waals surface area contributed by atoms with Gasteiger partial charge in [-0.15, -0.1) is 5.10 Å². The summed E-state index contributed by atoms with van der Waals surface area (Å²) in [6.45, 7) is 9.70. The van der Waals surface area contributed by atoms with Crippen LogP contribution >= 0.6 is 0 Å². The van der Waals surface area contributed by atoms with Crippen molar-refractivity contribution in [2.45, 2.75) is 20.4 Å². The Labute approximate surface area is 118 Å².